The summed E-state index contributed by atoms with van der Waals surface area (Å²) in [7, 11) is 1.70. The van der Waals surface area contributed by atoms with Gasteiger partial charge in [-0.2, -0.15) is 0 Å². The fraction of sp³-hybridized carbons (Fsp3) is 0.455. The number of ether oxygens (including phenoxy) is 1. The van der Waals surface area contributed by atoms with Gasteiger partial charge in [0, 0.05) is 50.3 Å². The number of fused-ring (bicyclic) bond motifs is 1. The lowest BCUT2D eigenvalue weighted by molar-refractivity contribution is -0.120. The Labute approximate surface area is 175 Å². The van der Waals surface area contributed by atoms with Crippen molar-refractivity contribution in [3.8, 4) is 11.5 Å². The highest BCUT2D eigenvalue weighted by atomic mass is 16.5. The third-order valence-corrected chi connectivity index (χ3v) is 5.57. The number of oxazole rings is 1. The van der Waals surface area contributed by atoms with Gasteiger partial charge in [-0.3, -0.25) is 9.78 Å². The number of aromatic nitrogens is 3. The lowest BCUT2D eigenvalue weighted by atomic mass is 9.85. The van der Waals surface area contributed by atoms with Crippen molar-refractivity contribution in [3.05, 3.63) is 36.6 Å². The summed E-state index contributed by atoms with van der Waals surface area (Å²) in [6, 6.07) is 4.26. The van der Waals surface area contributed by atoms with Crippen LogP contribution in [0.3, 0.4) is 0 Å². The van der Waals surface area contributed by atoms with Crippen molar-refractivity contribution in [1.29, 1.82) is 0 Å². The summed E-state index contributed by atoms with van der Waals surface area (Å²) < 4.78 is 10.6. The molecule has 0 atom stereocenters. The molecular formula is C22H27N5O3. The van der Waals surface area contributed by atoms with Gasteiger partial charge in [-0.15, -0.1) is 0 Å². The fourth-order valence-electron chi connectivity index (χ4n) is 3.87. The molecular weight excluding hydrogens is 382 g/mol. The third kappa shape index (κ3) is 4.83. The van der Waals surface area contributed by atoms with Crippen LogP contribution in [-0.4, -0.2) is 47.2 Å². The second kappa shape index (κ2) is 9.32. The SMILES string of the molecule is COCCNC1CCC(C(=O)Nc2cc3cc(-c4cnc(C)o4)ncc3cn2)CC1. The van der Waals surface area contributed by atoms with E-state index in [1.165, 1.54) is 0 Å². The summed E-state index contributed by atoms with van der Waals surface area (Å²) >= 11 is 0. The maximum atomic E-state index is 12.7. The Morgan fingerprint density at radius 1 is 1.10 bits per heavy atom. The minimum Gasteiger partial charge on any atom is -0.439 e. The maximum Gasteiger partial charge on any atom is 0.228 e. The number of pyridine rings is 2. The molecule has 158 valence electrons. The summed E-state index contributed by atoms with van der Waals surface area (Å²) in [6.07, 6.45) is 8.89. The number of methoxy groups -OCH3 is 1. The smallest absolute Gasteiger partial charge is 0.228 e. The van der Waals surface area contributed by atoms with Crippen LogP contribution < -0.4 is 10.6 Å². The first-order chi connectivity index (χ1) is 14.6. The van der Waals surface area contributed by atoms with E-state index in [4.69, 9.17) is 9.15 Å². The van der Waals surface area contributed by atoms with Gasteiger partial charge in [0.1, 0.15) is 11.5 Å². The summed E-state index contributed by atoms with van der Waals surface area (Å²) in [5.74, 6) is 1.83. The maximum absolute atomic E-state index is 12.7. The first-order valence-electron chi connectivity index (χ1n) is 10.3. The van der Waals surface area contributed by atoms with Crippen LogP contribution in [0.15, 0.2) is 35.1 Å². The number of rotatable bonds is 7. The molecule has 0 radical (unpaired) electrons. The lowest BCUT2D eigenvalue weighted by Gasteiger charge is -2.28. The van der Waals surface area contributed by atoms with Crippen molar-refractivity contribution in [1.82, 2.24) is 20.3 Å². The summed E-state index contributed by atoms with van der Waals surface area (Å²) in [5, 5.41) is 8.31. The van der Waals surface area contributed by atoms with Gasteiger partial charge in [-0.05, 0) is 43.2 Å². The van der Waals surface area contributed by atoms with E-state index in [2.05, 4.69) is 25.6 Å². The minimum atomic E-state index is 0.0214. The highest BCUT2D eigenvalue weighted by Gasteiger charge is 2.26. The van der Waals surface area contributed by atoms with E-state index in [-0.39, 0.29) is 11.8 Å². The number of carbonyl (C=O) groups excluding carboxylic acids is 1. The third-order valence-electron chi connectivity index (χ3n) is 5.57. The average Bonchev–Trinajstić information content (AvgIpc) is 3.20. The summed E-state index contributed by atoms with van der Waals surface area (Å²) in [5.41, 5.74) is 0.700. The molecule has 0 spiro atoms. The number of aryl methyl sites for hydroxylation is 1. The highest BCUT2D eigenvalue weighted by molar-refractivity contribution is 5.94. The molecule has 3 heterocycles. The Kier molecular flexibility index (Phi) is 6.35. The van der Waals surface area contributed by atoms with Crippen molar-refractivity contribution in [2.45, 2.75) is 38.6 Å². The molecule has 0 saturated heterocycles. The molecule has 30 heavy (non-hydrogen) atoms. The second-order valence-corrected chi connectivity index (χ2v) is 7.71. The van der Waals surface area contributed by atoms with E-state index < -0.39 is 0 Å². The van der Waals surface area contributed by atoms with Crippen LogP contribution in [0, 0.1) is 12.8 Å². The zero-order valence-corrected chi connectivity index (χ0v) is 17.4. The Morgan fingerprint density at radius 3 is 2.63 bits per heavy atom. The molecule has 1 fully saturated rings. The molecule has 0 aliphatic heterocycles. The average molecular weight is 409 g/mol. The van der Waals surface area contributed by atoms with Gasteiger partial charge in [0.2, 0.25) is 5.91 Å². The van der Waals surface area contributed by atoms with E-state index in [0.29, 0.717) is 35.8 Å². The van der Waals surface area contributed by atoms with E-state index in [9.17, 15) is 4.79 Å². The molecule has 1 aliphatic rings. The molecule has 8 nitrogen and oxygen atoms in total. The predicted molar refractivity (Wildman–Crippen MR) is 114 cm³/mol. The van der Waals surface area contributed by atoms with Gasteiger partial charge in [0.15, 0.2) is 11.7 Å². The van der Waals surface area contributed by atoms with Gasteiger partial charge in [-0.25, -0.2) is 9.97 Å². The van der Waals surface area contributed by atoms with Crippen LogP contribution >= 0.6 is 0 Å². The van der Waals surface area contributed by atoms with E-state index in [1.807, 2.05) is 12.1 Å². The van der Waals surface area contributed by atoms with E-state index in [0.717, 1.165) is 43.0 Å². The molecule has 0 unspecified atom stereocenters. The number of hydrogen-bond acceptors (Lipinski definition) is 7. The molecule has 1 amide bonds. The largest absolute Gasteiger partial charge is 0.439 e. The first-order valence-corrected chi connectivity index (χ1v) is 10.3. The molecule has 3 aromatic heterocycles. The van der Waals surface area contributed by atoms with Gasteiger partial charge in [0.05, 0.1) is 12.8 Å². The molecule has 0 bridgehead atoms. The molecule has 1 aliphatic carbocycles. The molecule has 4 rings (SSSR count). The van der Waals surface area contributed by atoms with Gasteiger partial charge in [0.25, 0.3) is 0 Å². The monoisotopic (exact) mass is 409 g/mol. The Balaban J connectivity index is 1.39. The highest BCUT2D eigenvalue weighted by Crippen LogP contribution is 2.27. The number of amides is 1. The first kappa shape index (κ1) is 20.4. The van der Waals surface area contributed by atoms with Crippen molar-refractivity contribution >= 4 is 22.5 Å². The topological polar surface area (TPSA) is 102 Å². The lowest BCUT2D eigenvalue weighted by Crippen LogP contribution is -2.37. The molecule has 0 aromatic carbocycles. The number of hydrogen-bond donors (Lipinski definition) is 2. The van der Waals surface area contributed by atoms with Crippen LogP contribution in [0.5, 0.6) is 0 Å². The number of nitrogens with one attached hydrogen (secondary N) is 2. The van der Waals surface area contributed by atoms with Crippen molar-refractivity contribution in [2.24, 2.45) is 5.92 Å². The quantitative estimate of drug-likeness (QED) is 0.577. The molecule has 3 aromatic rings. The Morgan fingerprint density at radius 2 is 1.90 bits per heavy atom. The Hall–Kier alpha value is -2.84. The molecule has 1 saturated carbocycles. The van der Waals surface area contributed by atoms with Crippen LogP contribution in [0.4, 0.5) is 5.82 Å². The fourth-order valence-corrected chi connectivity index (χ4v) is 3.87. The Bertz CT molecular complexity index is 1010. The van der Waals surface area contributed by atoms with Crippen molar-refractivity contribution < 1.29 is 13.9 Å². The van der Waals surface area contributed by atoms with Gasteiger partial charge in [-0.1, -0.05) is 0 Å². The molecule has 2 N–H and O–H groups in total. The van der Waals surface area contributed by atoms with Crippen LogP contribution in [0.1, 0.15) is 31.6 Å². The number of nitrogens with zero attached hydrogens (tertiary/aromatic N) is 3. The van der Waals surface area contributed by atoms with Crippen molar-refractivity contribution in [2.75, 3.05) is 25.6 Å². The van der Waals surface area contributed by atoms with Crippen LogP contribution in [0.25, 0.3) is 22.2 Å². The van der Waals surface area contributed by atoms with E-state index >= 15 is 0 Å². The van der Waals surface area contributed by atoms with Gasteiger partial charge >= 0.3 is 0 Å². The summed E-state index contributed by atoms with van der Waals surface area (Å²) in [4.78, 5) is 25.6. The zero-order valence-electron chi connectivity index (χ0n) is 17.4. The predicted octanol–water partition coefficient (Wildman–Crippen LogP) is 3.33. The van der Waals surface area contributed by atoms with Crippen molar-refractivity contribution in [3.63, 3.8) is 0 Å². The van der Waals surface area contributed by atoms with E-state index in [1.54, 1.807) is 32.6 Å². The number of anilines is 1. The van der Waals surface area contributed by atoms with Crippen LogP contribution in [0.2, 0.25) is 0 Å². The normalized spacial score (nSPS) is 19.1. The molecule has 8 heteroatoms. The number of carbonyl (C=O) groups is 1. The second-order valence-electron chi connectivity index (χ2n) is 7.71. The van der Waals surface area contributed by atoms with Crippen LogP contribution in [-0.2, 0) is 9.53 Å². The standard InChI is InChI=1S/C22H27N5O3/c1-14-24-13-20(30-14)19-9-16-10-21(26-12-17(16)11-25-19)27-22(28)15-3-5-18(6-4-15)23-7-8-29-2/h9-13,15,18,23H,3-8H2,1-2H3,(H,26,27,28). The van der Waals surface area contributed by atoms with Gasteiger partial charge < -0.3 is 19.8 Å². The minimum absolute atomic E-state index is 0.0214. The zero-order chi connectivity index (χ0) is 20.9. The summed E-state index contributed by atoms with van der Waals surface area (Å²) in [6.45, 7) is 3.36.